The van der Waals surface area contributed by atoms with Crippen molar-refractivity contribution in [3.8, 4) is 0 Å². The van der Waals surface area contributed by atoms with Gasteiger partial charge in [-0.2, -0.15) is 0 Å². The molecule has 0 aliphatic rings. The van der Waals surface area contributed by atoms with Crippen molar-refractivity contribution in [3.05, 3.63) is 437 Å². The molecule has 0 N–H and O–H groups in total. The Labute approximate surface area is 832 Å². The number of rotatable bonds is 0. The van der Waals surface area contributed by atoms with Gasteiger partial charge in [-0.15, -0.1) is 11.3 Å². The second-order valence-electron chi connectivity index (χ2n) is 38.2. The fraction of sp³-hybridized carbons (Fsp3) is 0. The van der Waals surface area contributed by atoms with Crippen LogP contribution in [-0.4, -0.2) is 46.9 Å². The van der Waals surface area contributed by atoms with E-state index in [1.165, 1.54) is 74.0 Å². The predicted molar refractivity (Wildman–Crippen MR) is 608 cm³/mol. The predicted octanol–water partition coefficient (Wildman–Crippen LogP) is 35.8. The number of furan rings is 5. The van der Waals surface area contributed by atoms with Crippen molar-refractivity contribution in [2.45, 2.75) is 0 Å². The largest absolute Gasteiger partial charge is 0.456 e. The van der Waals surface area contributed by atoms with Crippen LogP contribution in [0.15, 0.2) is 459 Å². The van der Waals surface area contributed by atoms with Gasteiger partial charge in [0.2, 0.25) is 0 Å². The van der Waals surface area contributed by atoms with E-state index < -0.39 is 0 Å². The highest BCUT2D eigenvalue weighted by molar-refractivity contribution is 7.26. The summed E-state index contributed by atoms with van der Waals surface area (Å²) in [5.74, 6) is 0. The zero-order valence-corrected chi connectivity index (χ0v) is 78.8. The molecule has 37 aromatic rings. The Balaban J connectivity index is 0.0000000804. The normalized spacial score (nSPS) is 12.4. The molecule has 147 heavy (non-hydrogen) atoms. The Morgan fingerprint density at radius 2 is 0.456 bits per heavy atom. The third kappa shape index (κ3) is 11.4. The van der Waals surface area contributed by atoms with Crippen molar-refractivity contribution in [1.82, 2.24) is 46.9 Å². The summed E-state index contributed by atoms with van der Waals surface area (Å²) in [5.41, 5.74) is 30.5. The number of imidazole rings is 5. The van der Waals surface area contributed by atoms with Crippen molar-refractivity contribution < 1.29 is 22.1 Å². The van der Waals surface area contributed by atoms with Gasteiger partial charge in [-0.25, -0.2) is 24.9 Å². The van der Waals surface area contributed by atoms with Gasteiger partial charge in [0, 0.05) is 134 Å². The van der Waals surface area contributed by atoms with Gasteiger partial charge in [0.15, 0.2) is 0 Å². The zero-order valence-electron chi connectivity index (χ0n) is 78.0. The minimum absolute atomic E-state index is 0.906. The van der Waals surface area contributed by atoms with Crippen LogP contribution < -0.4 is 0 Å². The van der Waals surface area contributed by atoms with E-state index in [0.717, 1.165) is 248 Å². The van der Waals surface area contributed by atoms with Crippen molar-refractivity contribution in [2.24, 2.45) is 0 Å². The summed E-state index contributed by atoms with van der Waals surface area (Å²) in [5, 5.41) is 31.8. The lowest BCUT2D eigenvalue weighted by molar-refractivity contribution is 0.669. The summed E-state index contributed by atoms with van der Waals surface area (Å²) >= 11 is 1.86. The van der Waals surface area contributed by atoms with Crippen LogP contribution in [0.3, 0.4) is 0 Å². The van der Waals surface area contributed by atoms with Gasteiger partial charge in [0.25, 0.3) is 0 Å². The van der Waals surface area contributed by atoms with E-state index in [1.807, 2.05) is 90.2 Å². The molecule has 0 radical (unpaired) electrons. The molecule has 16 aromatic heterocycles. The van der Waals surface area contributed by atoms with Crippen molar-refractivity contribution in [3.63, 3.8) is 0 Å². The van der Waals surface area contributed by atoms with Gasteiger partial charge in [0.05, 0.1) is 88.1 Å². The molecule has 15 nitrogen and oxygen atoms in total. The molecule has 0 atom stereocenters. The molecule has 0 amide bonds. The second kappa shape index (κ2) is 30.4. The molecule has 16 heteroatoms. The minimum atomic E-state index is 0.906. The molecular weight excluding hydrogens is 1830 g/mol. The summed E-state index contributed by atoms with van der Waals surface area (Å²) in [6, 6.07) is 152. The molecule has 21 aromatic carbocycles. The van der Waals surface area contributed by atoms with Crippen LogP contribution in [0.4, 0.5) is 0 Å². The van der Waals surface area contributed by atoms with Crippen LogP contribution in [0.5, 0.6) is 0 Å². The Kier molecular flexibility index (Phi) is 16.5. The Bertz CT molecular complexity index is 12200. The fourth-order valence-electron chi connectivity index (χ4n) is 24.1. The third-order valence-electron chi connectivity index (χ3n) is 30.4. The van der Waals surface area contributed by atoms with Crippen LogP contribution in [0.1, 0.15) is 0 Å². The lowest BCUT2D eigenvalue weighted by Gasteiger charge is -2.10. The van der Waals surface area contributed by atoms with Gasteiger partial charge < -0.3 is 22.1 Å². The van der Waals surface area contributed by atoms with Gasteiger partial charge in [-0.05, 0) is 179 Å². The van der Waals surface area contributed by atoms with Crippen molar-refractivity contribution >= 4 is 333 Å². The SMILES string of the molecule is c1ccc2c(c1)nc1c3ccc4c5ccccc5sc4c3c3c4oc5ccccc5c4ccc3n21.c1ccc2c(c1)nc1c3ccccc3c3c4c(ccc3n21)oc1ccccc14.c1ccc2c(c1)nc1c3ccccc3c3c4oc5ccccc5c4ccc3n21.c1ccc2c(c1)nc1c3ccccc3c3cc4c(cc3n21)oc1ccccc14.c1ccc2c(c1)nc1c3ccccc3c3cc4oc5ccccc5c4cc3n21. The minimum Gasteiger partial charge on any atom is -0.456 e. The van der Waals surface area contributed by atoms with Gasteiger partial charge in [0.1, 0.15) is 84.1 Å². The van der Waals surface area contributed by atoms with Gasteiger partial charge >= 0.3 is 0 Å². The number of pyridine rings is 5. The van der Waals surface area contributed by atoms with E-state index >= 15 is 0 Å². The number of hydrogen-bond acceptors (Lipinski definition) is 11. The Morgan fingerprint density at radius 3 is 0.946 bits per heavy atom. The van der Waals surface area contributed by atoms with Crippen molar-refractivity contribution in [2.75, 3.05) is 0 Å². The van der Waals surface area contributed by atoms with Crippen LogP contribution in [0.2, 0.25) is 0 Å². The Hall–Kier alpha value is -19.8. The van der Waals surface area contributed by atoms with Gasteiger partial charge in [-0.3, -0.25) is 22.0 Å². The van der Waals surface area contributed by atoms with Crippen LogP contribution >= 0.6 is 11.3 Å². The smallest absolute Gasteiger partial charge is 0.146 e. The molecule has 0 saturated heterocycles. The van der Waals surface area contributed by atoms with Crippen LogP contribution in [-0.2, 0) is 0 Å². The first kappa shape index (κ1) is 79.9. The maximum Gasteiger partial charge on any atom is 0.146 e. The summed E-state index contributed by atoms with van der Waals surface area (Å²) in [7, 11) is 0. The summed E-state index contributed by atoms with van der Waals surface area (Å²) in [4.78, 5) is 24.9. The first-order chi connectivity index (χ1) is 72.9. The average Bonchev–Trinajstić information content (AvgIpc) is 1.55. The summed E-state index contributed by atoms with van der Waals surface area (Å²) in [6.45, 7) is 0. The fourth-order valence-corrected chi connectivity index (χ4v) is 25.4. The van der Waals surface area contributed by atoms with E-state index in [1.54, 1.807) is 0 Å². The monoisotopic (exact) mass is 1900 g/mol. The number of benzene rings is 21. The highest BCUT2D eigenvalue weighted by Gasteiger charge is 2.27. The molecule has 37 rings (SSSR count). The summed E-state index contributed by atoms with van der Waals surface area (Å²) < 4.78 is 45.5. The lowest BCUT2D eigenvalue weighted by Crippen LogP contribution is -1.92. The number of para-hydroxylation sites is 15. The number of thiophene rings is 1. The number of nitrogens with zero attached hydrogens (tertiary/aromatic N) is 10. The molecular formula is C131H72N10O5S. The molecule has 0 spiro atoms. The van der Waals surface area contributed by atoms with E-state index in [2.05, 4.69) is 380 Å². The molecule has 0 aliphatic heterocycles. The second-order valence-corrected chi connectivity index (χ2v) is 39.2. The molecule has 682 valence electrons. The van der Waals surface area contributed by atoms with E-state index in [0.29, 0.717) is 0 Å². The number of hydrogen-bond donors (Lipinski definition) is 0. The third-order valence-corrected chi connectivity index (χ3v) is 31.6. The first-order valence-electron chi connectivity index (χ1n) is 49.4. The number of fused-ring (bicyclic) bond motifs is 62. The quantitative estimate of drug-likeness (QED) is 0.134. The van der Waals surface area contributed by atoms with Crippen LogP contribution in [0, 0.1) is 0 Å². The molecule has 0 aliphatic carbocycles. The van der Waals surface area contributed by atoms with E-state index in [-0.39, 0.29) is 0 Å². The van der Waals surface area contributed by atoms with Crippen molar-refractivity contribution in [1.29, 1.82) is 0 Å². The lowest BCUT2D eigenvalue weighted by atomic mass is 10.0. The van der Waals surface area contributed by atoms with E-state index in [4.69, 9.17) is 47.0 Å². The molecule has 0 bridgehead atoms. The highest BCUT2D eigenvalue weighted by atomic mass is 32.1. The summed E-state index contributed by atoms with van der Waals surface area (Å²) in [6.07, 6.45) is 0. The average molecular weight is 1900 g/mol. The molecule has 0 unspecified atom stereocenters. The zero-order chi connectivity index (χ0) is 95.6. The van der Waals surface area contributed by atoms with Crippen LogP contribution in [0.25, 0.3) is 322 Å². The molecule has 16 heterocycles. The van der Waals surface area contributed by atoms with E-state index in [9.17, 15) is 0 Å². The Morgan fingerprint density at radius 1 is 0.150 bits per heavy atom. The van der Waals surface area contributed by atoms with Gasteiger partial charge in [-0.1, -0.05) is 273 Å². The topological polar surface area (TPSA) is 152 Å². The highest BCUT2D eigenvalue weighted by Crippen LogP contribution is 2.50. The molecule has 0 fully saturated rings. The maximum absolute atomic E-state index is 6.61. The maximum atomic E-state index is 6.61. The standard InChI is InChI=1S/C31H16N2OS.4C25H14N2O/c1-5-11-25-17(7-1)19-15-16-24-28(29(19)34-25)27-21(31-32-22-9-3-4-10-23(22)33(24)31)14-13-20-18-8-2-6-12-26(18)35-30(20)27;1-2-9-18-16(8-1)23-21(27-20-11-5-4-10-19(20)26-25(18)27)14-13-17-15-7-3-6-12-22(15)28-24(17)23;1-2-9-17-15(7-1)18-14-24-19(16-8-3-6-12-23(16)28-24)13-22(18)27-21-11-5-4-10-20(21)26-25(17)27;1-2-9-17-15(7-1)18-13-19-16-8-3-6-12-23(16)28-24(19)14-22(18)27-21-11-5-4-10-20(21)26-25(17)27;1-2-8-16-15(7-1)23-20(27-19-11-5-4-10-18(19)26-25(16)27)13-14-22-24(23)17-9-3-6-12-21(17)28-22/h1-16H;4*1-14H. The first-order valence-corrected chi connectivity index (χ1v) is 50.2. The number of aromatic nitrogens is 10. The molecule has 0 saturated carbocycles.